The average molecular weight is 381 g/mol. The van der Waals surface area contributed by atoms with Crippen LogP contribution >= 0.6 is 0 Å². The molecule has 0 fully saturated rings. The van der Waals surface area contributed by atoms with Gasteiger partial charge in [0.05, 0.1) is 23.6 Å². The molecule has 10 nitrogen and oxygen atoms in total. The van der Waals surface area contributed by atoms with Crippen LogP contribution in [0.25, 0.3) is 11.1 Å². The van der Waals surface area contributed by atoms with Crippen molar-refractivity contribution in [3.63, 3.8) is 0 Å². The third-order valence-corrected chi connectivity index (χ3v) is 5.87. The van der Waals surface area contributed by atoms with E-state index in [1.54, 1.807) is 24.8 Å². The minimum absolute atomic E-state index is 0.0322. The van der Waals surface area contributed by atoms with Crippen molar-refractivity contribution in [2.24, 2.45) is 7.05 Å². The van der Waals surface area contributed by atoms with Gasteiger partial charge in [0.2, 0.25) is 10.0 Å². The highest BCUT2D eigenvalue weighted by Crippen LogP contribution is 2.21. The fraction of sp³-hybridized carbons (Fsp3) is 0.400. The number of fused-ring (bicyclic) bond motifs is 1. The first-order valence-corrected chi connectivity index (χ1v) is 9.20. The van der Waals surface area contributed by atoms with Gasteiger partial charge in [-0.3, -0.25) is 4.57 Å². The smallest absolute Gasteiger partial charge is 0.408 e. The fourth-order valence-corrected chi connectivity index (χ4v) is 3.66. The molecule has 140 valence electrons. The van der Waals surface area contributed by atoms with Gasteiger partial charge < -0.3 is 13.7 Å². The maximum absolute atomic E-state index is 12.8. The Hall–Kier alpha value is -2.50. The van der Waals surface area contributed by atoms with Crippen LogP contribution in [0.4, 0.5) is 0 Å². The molecule has 3 aromatic rings. The summed E-state index contributed by atoms with van der Waals surface area (Å²) in [4.78, 5) is 11.6. The van der Waals surface area contributed by atoms with Gasteiger partial charge in [0, 0.05) is 33.8 Å². The second-order valence-electron chi connectivity index (χ2n) is 5.75. The molecule has 0 saturated carbocycles. The molecule has 0 amide bonds. The number of aromatic nitrogens is 4. The number of benzene rings is 1. The monoisotopic (exact) mass is 381 g/mol. The van der Waals surface area contributed by atoms with Crippen molar-refractivity contribution >= 4 is 21.1 Å². The van der Waals surface area contributed by atoms with Gasteiger partial charge in [-0.05, 0) is 12.1 Å². The van der Waals surface area contributed by atoms with Crippen LogP contribution in [0.2, 0.25) is 0 Å². The maximum Gasteiger partial charge on any atom is 0.419 e. The second-order valence-corrected chi connectivity index (χ2v) is 7.80. The Kier molecular flexibility index (Phi) is 4.94. The minimum Gasteiger partial charge on any atom is -0.408 e. The predicted octanol–water partition coefficient (Wildman–Crippen LogP) is 0.190. The van der Waals surface area contributed by atoms with Gasteiger partial charge in [0.1, 0.15) is 12.2 Å². The van der Waals surface area contributed by atoms with Crippen LogP contribution in [0.15, 0.2) is 38.6 Å². The van der Waals surface area contributed by atoms with Gasteiger partial charge in [-0.1, -0.05) is 0 Å². The van der Waals surface area contributed by atoms with Crippen LogP contribution in [0.5, 0.6) is 0 Å². The molecule has 26 heavy (non-hydrogen) atoms. The highest BCUT2D eigenvalue weighted by Gasteiger charge is 2.24. The Morgan fingerprint density at radius 2 is 2.12 bits per heavy atom. The number of oxazole rings is 1. The number of rotatable bonds is 7. The van der Waals surface area contributed by atoms with Gasteiger partial charge in [0.15, 0.2) is 5.58 Å². The summed E-state index contributed by atoms with van der Waals surface area (Å²) in [5, 5.41) is 7.79. The molecule has 2 heterocycles. The minimum atomic E-state index is -3.80. The molecule has 0 aliphatic rings. The zero-order valence-electron chi connectivity index (χ0n) is 14.6. The van der Waals surface area contributed by atoms with E-state index in [4.69, 9.17) is 9.15 Å². The number of sulfonamides is 1. The van der Waals surface area contributed by atoms with Crippen LogP contribution < -0.4 is 5.76 Å². The molecule has 0 N–H and O–H groups in total. The molecule has 0 unspecified atom stereocenters. The Labute approximate surface area is 149 Å². The first kappa shape index (κ1) is 18.3. The Morgan fingerprint density at radius 3 is 2.85 bits per heavy atom. The molecule has 0 aliphatic heterocycles. The number of hydrogen-bond acceptors (Lipinski definition) is 7. The summed E-state index contributed by atoms with van der Waals surface area (Å²) in [6.45, 7) is 1.03. The largest absolute Gasteiger partial charge is 0.419 e. The van der Waals surface area contributed by atoms with Crippen molar-refractivity contribution in [2.75, 3.05) is 20.8 Å². The number of ether oxygens (including phenoxy) is 1. The standard InChI is InChI=1S/C15H19N5O5S/c1-18(9-14-17-16-10-20(14)6-7-24-3)26(22,23)11-4-5-12-13(8-11)25-15(21)19(12)2/h4-5,8,10H,6-7,9H2,1-3H3. The quantitative estimate of drug-likeness (QED) is 0.574. The van der Waals surface area contributed by atoms with E-state index in [2.05, 4.69) is 10.2 Å². The number of methoxy groups -OCH3 is 1. The van der Waals surface area contributed by atoms with Gasteiger partial charge in [-0.25, -0.2) is 13.2 Å². The number of aryl methyl sites for hydroxylation is 1. The molecule has 0 bridgehead atoms. The van der Waals surface area contributed by atoms with Crippen LogP contribution in [0, 0.1) is 0 Å². The van der Waals surface area contributed by atoms with E-state index >= 15 is 0 Å². The Morgan fingerprint density at radius 1 is 1.35 bits per heavy atom. The van der Waals surface area contributed by atoms with E-state index in [0.717, 1.165) is 0 Å². The molecule has 0 atom stereocenters. The molecule has 3 rings (SSSR count). The van der Waals surface area contributed by atoms with Gasteiger partial charge in [0.25, 0.3) is 0 Å². The summed E-state index contributed by atoms with van der Waals surface area (Å²) in [5.41, 5.74) is 0.742. The van der Waals surface area contributed by atoms with E-state index in [1.807, 2.05) is 0 Å². The lowest BCUT2D eigenvalue weighted by molar-refractivity contribution is 0.185. The SMILES string of the molecule is COCCn1cnnc1CN(C)S(=O)(=O)c1ccc2c(c1)oc(=O)n2C. The van der Waals surface area contributed by atoms with E-state index in [-0.39, 0.29) is 17.0 Å². The van der Waals surface area contributed by atoms with Crippen LogP contribution in [0.1, 0.15) is 5.82 Å². The first-order valence-electron chi connectivity index (χ1n) is 7.76. The topological polar surface area (TPSA) is 112 Å². The van der Waals surface area contributed by atoms with E-state index in [9.17, 15) is 13.2 Å². The zero-order valence-corrected chi connectivity index (χ0v) is 15.4. The second kappa shape index (κ2) is 7.02. The third kappa shape index (κ3) is 3.28. The third-order valence-electron chi connectivity index (χ3n) is 4.07. The van der Waals surface area contributed by atoms with Crippen LogP contribution in [-0.4, -0.2) is 52.8 Å². The molecular formula is C15H19N5O5S. The van der Waals surface area contributed by atoms with Crippen molar-refractivity contribution in [3.05, 3.63) is 40.9 Å². The fourth-order valence-electron chi connectivity index (χ4n) is 2.52. The average Bonchev–Trinajstić information content (AvgIpc) is 3.17. The Bertz CT molecular complexity index is 1080. The van der Waals surface area contributed by atoms with Gasteiger partial charge >= 0.3 is 5.76 Å². The summed E-state index contributed by atoms with van der Waals surface area (Å²) in [6, 6.07) is 4.33. The van der Waals surface area contributed by atoms with Gasteiger partial charge in [-0.15, -0.1) is 10.2 Å². The summed E-state index contributed by atoms with van der Waals surface area (Å²) >= 11 is 0. The normalized spacial score (nSPS) is 12.3. The highest BCUT2D eigenvalue weighted by atomic mass is 32.2. The molecule has 0 aliphatic carbocycles. The molecule has 2 aromatic heterocycles. The predicted molar refractivity (Wildman–Crippen MR) is 92.0 cm³/mol. The van der Waals surface area contributed by atoms with Crippen molar-refractivity contribution in [2.45, 2.75) is 18.0 Å². The van der Waals surface area contributed by atoms with E-state index < -0.39 is 15.8 Å². The van der Waals surface area contributed by atoms with Crippen molar-refractivity contribution in [1.82, 2.24) is 23.6 Å². The van der Waals surface area contributed by atoms with Crippen LogP contribution in [0.3, 0.4) is 0 Å². The van der Waals surface area contributed by atoms with E-state index in [1.165, 1.54) is 34.4 Å². The van der Waals surface area contributed by atoms with Crippen molar-refractivity contribution in [3.8, 4) is 0 Å². The highest BCUT2D eigenvalue weighted by molar-refractivity contribution is 7.89. The first-order chi connectivity index (χ1) is 12.3. The lowest BCUT2D eigenvalue weighted by Crippen LogP contribution is -2.28. The number of nitrogens with zero attached hydrogens (tertiary/aromatic N) is 5. The summed E-state index contributed by atoms with van der Waals surface area (Å²) in [7, 11) is 0.796. The molecule has 11 heteroatoms. The van der Waals surface area contributed by atoms with Crippen LogP contribution in [-0.2, 0) is 34.9 Å². The summed E-state index contributed by atoms with van der Waals surface area (Å²) in [5.74, 6) is -0.0467. The zero-order chi connectivity index (χ0) is 18.9. The van der Waals surface area contributed by atoms with Gasteiger partial charge in [-0.2, -0.15) is 4.31 Å². The molecule has 0 radical (unpaired) electrons. The van der Waals surface area contributed by atoms with Crippen molar-refractivity contribution in [1.29, 1.82) is 0 Å². The van der Waals surface area contributed by atoms with E-state index in [0.29, 0.717) is 24.5 Å². The van der Waals surface area contributed by atoms with Crippen molar-refractivity contribution < 1.29 is 17.6 Å². The summed E-state index contributed by atoms with van der Waals surface area (Å²) in [6.07, 6.45) is 1.53. The summed E-state index contributed by atoms with van der Waals surface area (Å²) < 4.78 is 40.0. The Balaban J connectivity index is 1.88. The molecule has 1 aromatic carbocycles. The lowest BCUT2D eigenvalue weighted by Gasteiger charge is -2.17. The molecule has 0 saturated heterocycles. The molecular weight excluding hydrogens is 362 g/mol. The number of hydrogen-bond donors (Lipinski definition) is 0. The molecule has 0 spiro atoms. The lowest BCUT2D eigenvalue weighted by atomic mass is 10.3. The maximum atomic E-state index is 12.8.